The molecule has 0 radical (unpaired) electrons. The molecule has 0 bridgehead atoms. The summed E-state index contributed by atoms with van der Waals surface area (Å²) >= 11 is 11.9. The Balaban J connectivity index is 0.000000450. The number of hydrogen-bond donors (Lipinski definition) is 3. The number of nitrogens with one attached hydrogen (secondary N) is 1. The highest BCUT2D eigenvalue weighted by molar-refractivity contribution is 6.31. The zero-order valence-corrected chi connectivity index (χ0v) is 14.9. The second-order valence-corrected chi connectivity index (χ2v) is 5.67. The van der Waals surface area contributed by atoms with Gasteiger partial charge in [-0.25, -0.2) is 9.59 Å². The van der Waals surface area contributed by atoms with Gasteiger partial charge in [0.15, 0.2) is 0 Å². The fourth-order valence-corrected chi connectivity index (χ4v) is 2.12. The van der Waals surface area contributed by atoms with Crippen molar-refractivity contribution in [2.24, 2.45) is 0 Å². The van der Waals surface area contributed by atoms with Gasteiger partial charge in [-0.1, -0.05) is 53.5 Å². The Bertz CT molecular complexity index is 681. The van der Waals surface area contributed by atoms with Crippen LogP contribution >= 0.6 is 23.2 Å². The monoisotopic (exact) mass is 381 g/mol. The Kier molecular flexibility index (Phi) is 8.70. The van der Waals surface area contributed by atoms with Gasteiger partial charge >= 0.3 is 11.9 Å². The fourth-order valence-electron chi connectivity index (χ4n) is 1.87. The SMILES string of the molecule is CNCC=C(c1ccc(Cl)cc1)c1ccc(Cl)cc1.O=C(O)C(=O)O. The number of halogens is 2. The molecule has 0 aliphatic rings. The Hall–Kier alpha value is -2.34. The molecule has 0 saturated carbocycles. The second-order valence-electron chi connectivity index (χ2n) is 4.80. The molecule has 0 saturated heterocycles. The number of aliphatic carboxylic acids is 2. The summed E-state index contributed by atoms with van der Waals surface area (Å²) in [5.41, 5.74) is 3.45. The van der Waals surface area contributed by atoms with Gasteiger partial charge in [-0.15, -0.1) is 0 Å². The molecule has 0 amide bonds. The van der Waals surface area contributed by atoms with Crippen LogP contribution in [0.2, 0.25) is 10.0 Å². The molecule has 7 heteroatoms. The lowest BCUT2D eigenvalue weighted by atomic mass is 9.97. The van der Waals surface area contributed by atoms with Crippen molar-refractivity contribution in [2.45, 2.75) is 0 Å². The highest BCUT2D eigenvalue weighted by atomic mass is 35.5. The molecular formula is C18H17Cl2NO4. The van der Waals surface area contributed by atoms with Crippen LogP contribution in [0.4, 0.5) is 0 Å². The largest absolute Gasteiger partial charge is 0.473 e. The topological polar surface area (TPSA) is 86.6 Å². The average Bonchev–Trinajstić information content (AvgIpc) is 2.58. The lowest BCUT2D eigenvalue weighted by Crippen LogP contribution is -2.09. The van der Waals surface area contributed by atoms with E-state index in [1.54, 1.807) is 0 Å². The summed E-state index contributed by atoms with van der Waals surface area (Å²) in [6.07, 6.45) is 2.16. The molecule has 2 aromatic rings. The number of hydrogen-bond acceptors (Lipinski definition) is 3. The zero-order valence-electron chi connectivity index (χ0n) is 13.4. The minimum absolute atomic E-state index is 0.743. The smallest absolute Gasteiger partial charge is 0.414 e. The quantitative estimate of drug-likeness (QED) is 0.701. The molecule has 0 aliphatic carbocycles. The minimum atomic E-state index is -1.82. The van der Waals surface area contributed by atoms with Gasteiger partial charge in [0.2, 0.25) is 0 Å². The van der Waals surface area contributed by atoms with Gasteiger partial charge < -0.3 is 15.5 Å². The van der Waals surface area contributed by atoms with Crippen LogP contribution in [0.3, 0.4) is 0 Å². The van der Waals surface area contributed by atoms with E-state index in [1.165, 1.54) is 5.57 Å². The third-order valence-corrected chi connectivity index (χ3v) is 3.51. The van der Waals surface area contributed by atoms with Crippen LogP contribution in [-0.2, 0) is 9.59 Å². The van der Waals surface area contributed by atoms with Crippen molar-refractivity contribution in [1.82, 2.24) is 5.32 Å². The van der Waals surface area contributed by atoms with E-state index in [0.29, 0.717) is 0 Å². The molecule has 0 atom stereocenters. The lowest BCUT2D eigenvalue weighted by molar-refractivity contribution is -0.159. The summed E-state index contributed by atoms with van der Waals surface area (Å²) in [5.74, 6) is -3.65. The van der Waals surface area contributed by atoms with E-state index >= 15 is 0 Å². The number of rotatable bonds is 4. The maximum atomic E-state index is 9.10. The molecule has 25 heavy (non-hydrogen) atoms. The predicted molar refractivity (Wildman–Crippen MR) is 99.2 cm³/mol. The summed E-state index contributed by atoms with van der Waals surface area (Å²) in [6.45, 7) is 0.806. The van der Waals surface area contributed by atoms with Gasteiger partial charge in [0.1, 0.15) is 0 Å². The van der Waals surface area contributed by atoms with E-state index in [9.17, 15) is 0 Å². The minimum Gasteiger partial charge on any atom is -0.473 e. The third kappa shape index (κ3) is 7.39. The standard InChI is InChI=1S/C16H15Cl2N.C2H2O4/c1-19-11-10-16(12-2-6-14(17)7-3-12)13-4-8-15(18)9-5-13;3-1(4)2(5)6/h2-10,19H,11H2,1H3;(H,3,4)(H,5,6). The van der Waals surface area contributed by atoms with Crippen molar-refractivity contribution in [3.8, 4) is 0 Å². The summed E-state index contributed by atoms with van der Waals surface area (Å²) in [5, 5.41) is 19.4. The molecule has 2 rings (SSSR count). The maximum Gasteiger partial charge on any atom is 0.414 e. The molecule has 0 heterocycles. The van der Waals surface area contributed by atoms with Gasteiger partial charge in [0, 0.05) is 16.6 Å². The fraction of sp³-hybridized carbons (Fsp3) is 0.111. The lowest BCUT2D eigenvalue weighted by Gasteiger charge is -2.09. The zero-order chi connectivity index (χ0) is 18.8. The van der Waals surface area contributed by atoms with Crippen LogP contribution in [0, 0.1) is 0 Å². The number of benzene rings is 2. The Morgan fingerprint density at radius 2 is 1.24 bits per heavy atom. The number of carbonyl (C=O) groups is 2. The summed E-state index contributed by atoms with van der Waals surface area (Å²) in [6, 6.07) is 15.7. The highest BCUT2D eigenvalue weighted by Gasteiger charge is 2.05. The molecule has 0 aliphatic heterocycles. The highest BCUT2D eigenvalue weighted by Crippen LogP contribution is 2.25. The van der Waals surface area contributed by atoms with Crippen LogP contribution in [0.1, 0.15) is 11.1 Å². The molecule has 2 aromatic carbocycles. The van der Waals surface area contributed by atoms with E-state index in [1.807, 2.05) is 55.6 Å². The second kappa shape index (κ2) is 10.5. The molecule has 0 unspecified atom stereocenters. The first kappa shape index (κ1) is 20.7. The predicted octanol–water partition coefficient (Wildman–Crippen LogP) is 3.80. The Morgan fingerprint density at radius 1 is 0.880 bits per heavy atom. The summed E-state index contributed by atoms with van der Waals surface area (Å²) in [4.78, 5) is 18.2. The van der Waals surface area contributed by atoms with Crippen LogP contribution in [-0.4, -0.2) is 35.7 Å². The molecule has 5 nitrogen and oxygen atoms in total. The molecular weight excluding hydrogens is 365 g/mol. The van der Waals surface area contributed by atoms with E-state index < -0.39 is 11.9 Å². The van der Waals surface area contributed by atoms with Crippen molar-refractivity contribution in [3.05, 3.63) is 75.8 Å². The number of likely N-dealkylation sites (N-methyl/N-ethyl adjacent to an activating group) is 1. The first-order chi connectivity index (χ1) is 11.8. The van der Waals surface area contributed by atoms with Crippen molar-refractivity contribution >= 4 is 40.7 Å². The van der Waals surface area contributed by atoms with Crippen molar-refractivity contribution in [2.75, 3.05) is 13.6 Å². The average molecular weight is 382 g/mol. The van der Waals surface area contributed by atoms with Crippen molar-refractivity contribution < 1.29 is 19.8 Å². The molecule has 0 aromatic heterocycles. The summed E-state index contributed by atoms with van der Waals surface area (Å²) in [7, 11) is 1.93. The van der Waals surface area contributed by atoms with E-state index in [2.05, 4.69) is 11.4 Å². The van der Waals surface area contributed by atoms with Crippen LogP contribution in [0.15, 0.2) is 54.6 Å². The van der Waals surface area contributed by atoms with Gasteiger partial charge in [0.25, 0.3) is 0 Å². The van der Waals surface area contributed by atoms with E-state index in [-0.39, 0.29) is 0 Å². The van der Waals surface area contributed by atoms with Crippen LogP contribution < -0.4 is 5.32 Å². The normalized spacial score (nSPS) is 9.56. The molecule has 0 fully saturated rings. The molecule has 3 N–H and O–H groups in total. The molecule has 0 spiro atoms. The number of carboxylic acids is 2. The van der Waals surface area contributed by atoms with Gasteiger partial charge in [-0.3, -0.25) is 0 Å². The van der Waals surface area contributed by atoms with Gasteiger partial charge in [-0.05, 0) is 48.0 Å². The maximum absolute atomic E-state index is 9.10. The van der Waals surface area contributed by atoms with Crippen LogP contribution in [0.25, 0.3) is 5.57 Å². The third-order valence-electron chi connectivity index (χ3n) is 3.00. The van der Waals surface area contributed by atoms with E-state index in [0.717, 1.165) is 27.7 Å². The van der Waals surface area contributed by atoms with Crippen LogP contribution in [0.5, 0.6) is 0 Å². The molecule has 132 valence electrons. The first-order valence-corrected chi connectivity index (χ1v) is 7.93. The first-order valence-electron chi connectivity index (χ1n) is 7.18. The Labute approximate surface area is 155 Å². The number of carboxylic acid groups (broad SMARTS) is 2. The van der Waals surface area contributed by atoms with Gasteiger partial charge in [0.05, 0.1) is 0 Å². The summed E-state index contributed by atoms with van der Waals surface area (Å²) < 4.78 is 0. The van der Waals surface area contributed by atoms with Gasteiger partial charge in [-0.2, -0.15) is 0 Å². The van der Waals surface area contributed by atoms with Crippen molar-refractivity contribution in [1.29, 1.82) is 0 Å². The van der Waals surface area contributed by atoms with Crippen molar-refractivity contribution in [3.63, 3.8) is 0 Å². The Morgan fingerprint density at radius 3 is 1.52 bits per heavy atom. The van der Waals surface area contributed by atoms with E-state index in [4.69, 9.17) is 43.0 Å².